The summed E-state index contributed by atoms with van der Waals surface area (Å²) in [6.07, 6.45) is 5.79. The number of aromatic nitrogens is 1. The van der Waals surface area contributed by atoms with Crippen LogP contribution in [0.25, 0.3) is 0 Å². The molecule has 0 radical (unpaired) electrons. The standard InChI is InChI=1S/C15H26N2OS/c1-4-15(5-2,18-6-3)14-17-13(11-19-14)12-9-7-8-10-16-12/h11-12,16H,4-10H2,1-3H3. The first-order valence-electron chi connectivity index (χ1n) is 7.59. The van der Waals surface area contributed by atoms with Crippen LogP contribution in [-0.2, 0) is 10.3 Å². The molecule has 1 atom stereocenters. The zero-order chi connectivity index (χ0) is 13.7. The van der Waals surface area contributed by atoms with Gasteiger partial charge in [0.2, 0.25) is 0 Å². The molecule has 1 unspecified atom stereocenters. The molecule has 0 aliphatic carbocycles. The summed E-state index contributed by atoms with van der Waals surface area (Å²) in [6, 6.07) is 0.451. The molecular weight excluding hydrogens is 256 g/mol. The zero-order valence-electron chi connectivity index (χ0n) is 12.4. The summed E-state index contributed by atoms with van der Waals surface area (Å²) in [7, 11) is 0. The normalized spacial score (nSPS) is 20.7. The van der Waals surface area contributed by atoms with Gasteiger partial charge in [-0.3, -0.25) is 0 Å². The summed E-state index contributed by atoms with van der Waals surface area (Å²) in [4.78, 5) is 4.90. The van der Waals surface area contributed by atoms with E-state index >= 15 is 0 Å². The van der Waals surface area contributed by atoms with E-state index in [0.717, 1.165) is 31.0 Å². The van der Waals surface area contributed by atoms with Crippen LogP contribution < -0.4 is 5.32 Å². The smallest absolute Gasteiger partial charge is 0.125 e. The lowest BCUT2D eigenvalue weighted by atomic mass is 9.97. The zero-order valence-corrected chi connectivity index (χ0v) is 13.2. The molecule has 2 heterocycles. The molecular formula is C15H26N2OS. The molecule has 1 aliphatic heterocycles. The lowest BCUT2D eigenvalue weighted by molar-refractivity contribution is -0.0507. The van der Waals surface area contributed by atoms with Gasteiger partial charge >= 0.3 is 0 Å². The molecule has 19 heavy (non-hydrogen) atoms. The largest absolute Gasteiger partial charge is 0.368 e. The van der Waals surface area contributed by atoms with Crippen molar-refractivity contribution in [1.29, 1.82) is 0 Å². The van der Waals surface area contributed by atoms with Gasteiger partial charge in [0.05, 0.1) is 11.7 Å². The van der Waals surface area contributed by atoms with Crippen LogP contribution in [0.5, 0.6) is 0 Å². The van der Waals surface area contributed by atoms with Crippen LogP contribution in [0.3, 0.4) is 0 Å². The van der Waals surface area contributed by atoms with E-state index in [0.29, 0.717) is 6.04 Å². The molecule has 2 rings (SSSR count). The molecule has 3 nitrogen and oxygen atoms in total. The van der Waals surface area contributed by atoms with Gasteiger partial charge < -0.3 is 10.1 Å². The molecule has 1 N–H and O–H groups in total. The van der Waals surface area contributed by atoms with Crippen molar-refractivity contribution in [2.24, 2.45) is 0 Å². The van der Waals surface area contributed by atoms with Gasteiger partial charge in [0.1, 0.15) is 10.6 Å². The van der Waals surface area contributed by atoms with Gasteiger partial charge in [-0.1, -0.05) is 20.3 Å². The molecule has 4 heteroatoms. The second-order valence-corrected chi connectivity index (χ2v) is 6.07. The predicted molar refractivity (Wildman–Crippen MR) is 80.6 cm³/mol. The van der Waals surface area contributed by atoms with Gasteiger partial charge in [-0.2, -0.15) is 0 Å². The van der Waals surface area contributed by atoms with Crippen molar-refractivity contribution in [2.75, 3.05) is 13.2 Å². The van der Waals surface area contributed by atoms with E-state index in [1.807, 2.05) is 0 Å². The Morgan fingerprint density at radius 1 is 1.37 bits per heavy atom. The highest BCUT2D eigenvalue weighted by Crippen LogP contribution is 2.36. The SMILES string of the molecule is CCOC(CC)(CC)c1nc(C2CCCCN2)cs1. The Morgan fingerprint density at radius 3 is 2.74 bits per heavy atom. The average molecular weight is 282 g/mol. The second kappa shape index (κ2) is 6.82. The van der Waals surface area contributed by atoms with Crippen LogP contribution in [0.15, 0.2) is 5.38 Å². The van der Waals surface area contributed by atoms with Crippen molar-refractivity contribution in [3.05, 3.63) is 16.1 Å². The van der Waals surface area contributed by atoms with Crippen molar-refractivity contribution in [1.82, 2.24) is 10.3 Å². The first-order chi connectivity index (χ1) is 9.25. The van der Waals surface area contributed by atoms with Gasteiger partial charge in [-0.25, -0.2) is 4.98 Å². The highest BCUT2D eigenvalue weighted by Gasteiger charge is 2.33. The monoisotopic (exact) mass is 282 g/mol. The molecule has 0 aromatic carbocycles. The van der Waals surface area contributed by atoms with Crippen LogP contribution in [0.4, 0.5) is 0 Å². The number of hydrogen-bond acceptors (Lipinski definition) is 4. The summed E-state index contributed by atoms with van der Waals surface area (Å²) in [6.45, 7) is 8.32. The van der Waals surface area contributed by atoms with Gasteiger partial charge in [0.15, 0.2) is 0 Å². The lowest BCUT2D eigenvalue weighted by Crippen LogP contribution is -2.29. The number of thiazole rings is 1. The van der Waals surface area contributed by atoms with Gasteiger partial charge in [-0.05, 0) is 39.2 Å². The van der Waals surface area contributed by atoms with E-state index in [9.17, 15) is 0 Å². The topological polar surface area (TPSA) is 34.1 Å². The van der Waals surface area contributed by atoms with Crippen LogP contribution in [0.2, 0.25) is 0 Å². The van der Waals surface area contributed by atoms with Gasteiger partial charge in [0.25, 0.3) is 0 Å². The highest BCUT2D eigenvalue weighted by atomic mass is 32.1. The minimum Gasteiger partial charge on any atom is -0.368 e. The van der Waals surface area contributed by atoms with Crippen LogP contribution in [0.1, 0.15) is 69.6 Å². The van der Waals surface area contributed by atoms with E-state index in [1.54, 1.807) is 11.3 Å². The maximum Gasteiger partial charge on any atom is 0.125 e. The number of ether oxygens (including phenoxy) is 1. The van der Waals surface area contributed by atoms with Crippen molar-refractivity contribution in [3.63, 3.8) is 0 Å². The van der Waals surface area contributed by atoms with Crippen LogP contribution in [-0.4, -0.2) is 18.1 Å². The summed E-state index contributed by atoms with van der Waals surface area (Å²) in [5.41, 5.74) is 1.04. The number of nitrogens with one attached hydrogen (secondary N) is 1. The first kappa shape index (κ1) is 14.9. The Morgan fingerprint density at radius 2 is 2.16 bits per heavy atom. The molecule has 1 saturated heterocycles. The minimum atomic E-state index is -0.174. The molecule has 0 saturated carbocycles. The third-order valence-electron chi connectivity index (χ3n) is 4.14. The first-order valence-corrected chi connectivity index (χ1v) is 8.47. The maximum absolute atomic E-state index is 6.04. The summed E-state index contributed by atoms with van der Waals surface area (Å²) in [5, 5.41) is 6.95. The second-order valence-electron chi connectivity index (χ2n) is 5.21. The number of rotatable bonds is 6. The molecule has 1 aliphatic rings. The Hall–Kier alpha value is -0.450. The number of piperidine rings is 1. The van der Waals surface area contributed by atoms with E-state index in [4.69, 9.17) is 9.72 Å². The number of nitrogens with zero attached hydrogens (tertiary/aromatic N) is 1. The van der Waals surface area contributed by atoms with E-state index in [1.165, 1.54) is 25.0 Å². The fourth-order valence-corrected chi connectivity index (χ4v) is 4.02. The van der Waals surface area contributed by atoms with Crippen LogP contribution >= 0.6 is 11.3 Å². The van der Waals surface area contributed by atoms with E-state index < -0.39 is 0 Å². The molecule has 0 amide bonds. The van der Waals surface area contributed by atoms with Crippen molar-refractivity contribution in [3.8, 4) is 0 Å². The summed E-state index contributed by atoms with van der Waals surface area (Å²) >= 11 is 1.76. The summed E-state index contributed by atoms with van der Waals surface area (Å²) < 4.78 is 6.04. The van der Waals surface area contributed by atoms with Crippen molar-refractivity contribution >= 4 is 11.3 Å². The Kier molecular flexibility index (Phi) is 5.37. The van der Waals surface area contributed by atoms with E-state index in [2.05, 4.69) is 31.5 Å². The molecule has 1 fully saturated rings. The molecule has 1 aromatic heterocycles. The fourth-order valence-electron chi connectivity index (χ4n) is 2.85. The van der Waals surface area contributed by atoms with Gasteiger partial charge in [0, 0.05) is 12.0 Å². The molecule has 0 bridgehead atoms. The van der Waals surface area contributed by atoms with Crippen molar-refractivity contribution in [2.45, 2.75) is 64.5 Å². The van der Waals surface area contributed by atoms with Crippen molar-refractivity contribution < 1.29 is 4.74 Å². The molecule has 1 aromatic rings. The Balaban J connectivity index is 2.17. The molecule has 0 spiro atoms. The third kappa shape index (κ3) is 3.18. The number of hydrogen-bond donors (Lipinski definition) is 1. The molecule has 108 valence electrons. The maximum atomic E-state index is 6.04. The minimum absolute atomic E-state index is 0.174. The Bertz CT molecular complexity index is 381. The lowest BCUT2D eigenvalue weighted by Gasteiger charge is -2.29. The summed E-state index contributed by atoms with van der Waals surface area (Å²) in [5.74, 6) is 0. The third-order valence-corrected chi connectivity index (χ3v) is 5.19. The highest BCUT2D eigenvalue weighted by molar-refractivity contribution is 7.09. The fraction of sp³-hybridized carbons (Fsp3) is 0.800. The van der Waals surface area contributed by atoms with Gasteiger partial charge in [-0.15, -0.1) is 11.3 Å². The average Bonchev–Trinajstić information content (AvgIpc) is 2.96. The predicted octanol–water partition coefficient (Wildman–Crippen LogP) is 4.01. The van der Waals surface area contributed by atoms with Crippen LogP contribution in [0, 0.1) is 0 Å². The Labute approximate surface area is 120 Å². The quantitative estimate of drug-likeness (QED) is 0.856. The van der Waals surface area contributed by atoms with E-state index in [-0.39, 0.29) is 5.60 Å².